The Morgan fingerprint density at radius 3 is 3.11 bits per heavy atom. The van der Waals surface area contributed by atoms with Crippen LogP contribution < -0.4 is 5.32 Å². The molecule has 0 aromatic carbocycles. The molecule has 0 bridgehead atoms. The van der Waals surface area contributed by atoms with Crippen LogP contribution in [0, 0.1) is 0 Å². The van der Waals surface area contributed by atoms with Crippen LogP contribution in [0.2, 0.25) is 0 Å². The van der Waals surface area contributed by atoms with Gasteiger partial charge >= 0.3 is 0 Å². The highest BCUT2D eigenvalue weighted by atomic mass is 16.2. The van der Waals surface area contributed by atoms with E-state index in [9.17, 15) is 4.79 Å². The highest BCUT2D eigenvalue weighted by Gasteiger charge is 2.27. The SMILES string of the molecule is CNCCC1CCCCN1C(=O)c1ccccn1. The Morgan fingerprint density at radius 2 is 2.39 bits per heavy atom. The second-order valence-corrected chi connectivity index (χ2v) is 4.76. The minimum Gasteiger partial charge on any atom is -0.334 e. The highest BCUT2D eigenvalue weighted by molar-refractivity contribution is 5.92. The summed E-state index contributed by atoms with van der Waals surface area (Å²) in [6.07, 6.45) is 6.14. The van der Waals surface area contributed by atoms with E-state index in [0.717, 1.165) is 32.4 Å². The molecule has 4 nitrogen and oxygen atoms in total. The van der Waals surface area contributed by atoms with Gasteiger partial charge in [-0.3, -0.25) is 9.78 Å². The summed E-state index contributed by atoms with van der Waals surface area (Å²) in [6, 6.07) is 5.87. The summed E-state index contributed by atoms with van der Waals surface area (Å²) < 4.78 is 0. The van der Waals surface area contributed by atoms with Crippen molar-refractivity contribution >= 4 is 5.91 Å². The van der Waals surface area contributed by atoms with Gasteiger partial charge in [0.15, 0.2) is 0 Å². The molecule has 98 valence electrons. The largest absolute Gasteiger partial charge is 0.334 e. The fourth-order valence-corrected chi connectivity index (χ4v) is 2.52. The van der Waals surface area contributed by atoms with E-state index in [4.69, 9.17) is 0 Å². The van der Waals surface area contributed by atoms with Crippen molar-refractivity contribution in [2.24, 2.45) is 0 Å². The number of nitrogens with one attached hydrogen (secondary N) is 1. The van der Waals surface area contributed by atoms with Gasteiger partial charge in [0.05, 0.1) is 0 Å². The zero-order valence-corrected chi connectivity index (χ0v) is 10.9. The molecule has 1 saturated heterocycles. The number of carbonyl (C=O) groups excluding carboxylic acids is 1. The molecule has 1 amide bonds. The van der Waals surface area contributed by atoms with Crippen LogP contribution in [0.4, 0.5) is 0 Å². The normalized spacial score (nSPS) is 19.8. The van der Waals surface area contributed by atoms with Crippen molar-refractivity contribution in [2.75, 3.05) is 20.1 Å². The van der Waals surface area contributed by atoms with Crippen LogP contribution in [-0.2, 0) is 0 Å². The van der Waals surface area contributed by atoms with Gasteiger partial charge < -0.3 is 10.2 Å². The number of aromatic nitrogens is 1. The maximum Gasteiger partial charge on any atom is 0.272 e. The highest BCUT2D eigenvalue weighted by Crippen LogP contribution is 2.21. The maximum atomic E-state index is 12.4. The second-order valence-electron chi connectivity index (χ2n) is 4.76. The van der Waals surface area contributed by atoms with Crippen molar-refractivity contribution in [3.8, 4) is 0 Å². The molecule has 1 N–H and O–H groups in total. The van der Waals surface area contributed by atoms with Crippen LogP contribution in [0.5, 0.6) is 0 Å². The van der Waals surface area contributed by atoms with E-state index < -0.39 is 0 Å². The second kappa shape index (κ2) is 6.50. The Labute approximate surface area is 108 Å². The number of hydrogen-bond donors (Lipinski definition) is 1. The van der Waals surface area contributed by atoms with Gasteiger partial charge in [-0.2, -0.15) is 0 Å². The molecule has 1 unspecified atom stereocenters. The van der Waals surface area contributed by atoms with Crippen molar-refractivity contribution in [2.45, 2.75) is 31.7 Å². The molecule has 1 aromatic heterocycles. The minimum atomic E-state index is 0.0800. The fraction of sp³-hybridized carbons (Fsp3) is 0.571. The van der Waals surface area contributed by atoms with Crippen LogP contribution >= 0.6 is 0 Å². The van der Waals surface area contributed by atoms with Gasteiger partial charge in [-0.15, -0.1) is 0 Å². The lowest BCUT2D eigenvalue weighted by Gasteiger charge is -2.35. The number of carbonyl (C=O) groups is 1. The summed E-state index contributed by atoms with van der Waals surface area (Å²) in [5.74, 6) is 0.0800. The predicted molar refractivity (Wildman–Crippen MR) is 71.5 cm³/mol. The molecule has 1 aliphatic rings. The molecule has 1 atom stereocenters. The Kier molecular flexibility index (Phi) is 4.70. The summed E-state index contributed by atoms with van der Waals surface area (Å²) in [7, 11) is 1.95. The molecule has 2 heterocycles. The van der Waals surface area contributed by atoms with Gasteiger partial charge in [-0.25, -0.2) is 0 Å². The van der Waals surface area contributed by atoms with Crippen molar-refractivity contribution in [1.82, 2.24) is 15.2 Å². The van der Waals surface area contributed by atoms with Crippen molar-refractivity contribution < 1.29 is 4.79 Å². The number of nitrogens with zero attached hydrogens (tertiary/aromatic N) is 2. The molecule has 0 radical (unpaired) electrons. The Hall–Kier alpha value is -1.42. The Morgan fingerprint density at radius 1 is 1.50 bits per heavy atom. The van der Waals surface area contributed by atoms with Crippen LogP contribution in [0.1, 0.15) is 36.2 Å². The first-order valence-corrected chi connectivity index (χ1v) is 6.69. The van der Waals surface area contributed by atoms with E-state index in [1.54, 1.807) is 12.3 Å². The fourth-order valence-electron chi connectivity index (χ4n) is 2.52. The van der Waals surface area contributed by atoms with Crippen molar-refractivity contribution in [3.63, 3.8) is 0 Å². The number of piperidine rings is 1. The lowest BCUT2D eigenvalue weighted by atomic mass is 9.99. The quantitative estimate of drug-likeness (QED) is 0.880. The summed E-state index contributed by atoms with van der Waals surface area (Å²) in [6.45, 7) is 1.82. The summed E-state index contributed by atoms with van der Waals surface area (Å²) >= 11 is 0. The first kappa shape index (κ1) is 13.0. The molecule has 2 rings (SSSR count). The van der Waals surface area contributed by atoms with Gasteiger partial charge in [0, 0.05) is 18.8 Å². The molecule has 1 aromatic rings. The Balaban J connectivity index is 2.06. The first-order chi connectivity index (χ1) is 8.83. The average Bonchev–Trinajstić information content (AvgIpc) is 2.45. The average molecular weight is 247 g/mol. The molecule has 0 aliphatic carbocycles. The number of pyridine rings is 1. The lowest BCUT2D eigenvalue weighted by Crippen LogP contribution is -2.45. The zero-order chi connectivity index (χ0) is 12.8. The topological polar surface area (TPSA) is 45.2 Å². The van der Waals surface area contributed by atoms with Gasteiger partial charge in [0.2, 0.25) is 0 Å². The lowest BCUT2D eigenvalue weighted by molar-refractivity contribution is 0.0596. The van der Waals surface area contributed by atoms with E-state index in [1.165, 1.54) is 6.42 Å². The van der Waals surface area contributed by atoms with E-state index >= 15 is 0 Å². The van der Waals surface area contributed by atoms with Gasteiger partial charge in [-0.1, -0.05) is 6.07 Å². The zero-order valence-electron chi connectivity index (χ0n) is 10.9. The number of likely N-dealkylation sites (tertiary alicyclic amines) is 1. The first-order valence-electron chi connectivity index (χ1n) is 6.69. The number of hydrogen-bond acceptors (Lipinski definition) is 3. The molecule has 1 aliphatic heterocycles. The van der Waals surface area contributed by atoms with Crippen LogP contribution in [0.3, 0.4) is 0 Å². The van der Waals surface area contributed by atoms with Crippen LogP contribution in [0.15, 0.2) is 24.4 Å². The van der Waals surface area contributed by atoms with Crippen LogP contribution in [-0.4, -0.2) is 42.0 Å². The van der Waals surface area contributed by atoms with E-state index in [2.05, 4.69) is 10.3 Å². The molecule has 0 saturated carbocycles. The molecular weight excluding hydrogens is 226 g/mol. The molecule has 18 heavy (non-hydrogen) atoms. The van der Waals surface area contributed by atoms with E-state index in [0.29, 0.717) is 11.7 Å². The third-order valence-corrected chi connectivity index (χ3v) is 3.50. The van der Waals surface area contributed by atoms with Crippen molar-refractivity contribution in [3.05, 3.63) is 30.1 Å². The smallest absolute Gasteiger partial charge is 0.272 e. The standard InChI is InChI=1S/C14H21N3O/c1-15-10-8-12-6-3-5-11-17(12)14(18)13-7-2-4-9-16-13/h2,4,7,9,12,15H,3,5-6,8,10-11H2,1H3. The van der Waals surface area contributed by atoms with E-state index in [1.807, 2.05) is 24.1 Å². The van der Waals surface area contributed by atoms with Gasteiger partial charge in [0.25, 0.3) is 5.91 Å². The molecule has 1 fully saturated rings. The summed E-state index contributed by atoms with van der Waals surface area (Å²) in [5.41, 5.74) is 0.564. The third kappa shape index (κ3) is 3.07. The van der Waals surface area contributed by atoms with Gasteiger partial charge in [0.1, 0.15) is 5.69 Å². The van der Waals surface area contributed by atoms with Crippen LogP contribution in [0.25, 0.3) is 0 Å². The summed E-state index contributed by atoms with van der Waals surface area (Å²) in [5, 5.41) is 3.16. The molecule has 0 spiro atoms. The number of amides is 1. The number of rotatable bonds is 4. The van der Waals surface area contributed by atoms with Crippen molar-refractivity contribution in [1.29, 1.82) is 0 Å². The summed E-state index contributed by atoms with van der Waals surface area (Å²) in [4.78, 5) is 18.6. The Bertz CT molecular complexity index is 380. The molecular formula is C14H21N3O. The molecule has 4 heteroatoms. The maximum absolute atomic E-state index is 12.4. The van der Waals surface area contributed by atoms with E-state index in [-0.39, 0.29) is 5.91 Å². The monoisotopic (exact) mass is 247 g/mol. The minimum absolute atomic E-state index is 0.0800. The van der Waals surface area contributed by atoms with Gasteiger partial charge in [-0.05, 0) is 51.4 Å². The predicted octanol–water partition coefficient (Wildman–Crippen LogP) is 1.69. The third-order valence-electron chi connectivity index (χ3n) is 3.50.